The SMILES string of the molecule is CC1CCC(Oc2ncccc2Br)CC1C. The predicted octanol–water partition coefficient (Wildman–Crippen LogP) is 4.05. The molecule has 0 spiro atoms. The summed E-state index contributed by atoms with van der Waals surface area (Å²) >= 11 is 3.46. The van der Waals surface area contributed by atoms with E-state index in [1.165, 1.54) is 6.42 Å². The summed E-state index contributed by atoms with van der Waals surface area (Å²) in [5, 5.41) is 0. The molecule has 1 aromatic heterocycles. The van der Waals surface area contributed by atoms with E-state index in [4.69, 9.17) is 4.74 Å². The highest BCUT2D eigenvalue weighted by Crippen LogP contribution is 2.32. The normalized spacial score (nSPS) is 30.1. The van der Waals surface area contributed by atoms with Gasteiger partial charge in [-0.2, -0.15) is 0 Å². The molecule has 0 N–H and O–H groups in total. The minimum absolute atomic E-state index is 0.331. The number of rotatable bonds is 2. The molecule has 3 heteroatoms. The van der Waals surface area contributed by atoms with E-state index in [2.05, 4.69) is 34.8 Å². The van der Waals surface area contributed by atoms with Crippen LogP contribution in [0.15, 0.2) is 22.8 Å². The molecule has 1 aliphatic rings. The summed E-state index contributed by atoms with van der Waals surface area (Å²) in [6.07, 6.45) is 5.65. The van der Waals surface area contributed by atoms with Gasteiger partial charge >= 0.3 is 0 Å². The number of hydrogen-bond acceptors (Lipinski definition) is 2. The fourth-order valence-corrected chi connectivity index (χ4v) is 2.57. The zero-order chi connectivity index (χ0) is 11.5. The second kappa shape index (κ2) is 5.17. The molecule has 0 saturated heterocycles. The Kier molecular flexibility index (Phi) is 3.85. The number of hydrogen-bond donors (Lipinski definition) is 0. The summed E-state index contributed by atoms with van der Waals surface area (Å²) in [5.41, 5.74) is 0. The first-order chi connectivity index (χ1) is 7.66. The van der Waals surface area contributed by atoms with E-state index in [0.717, 1.165) is 35.0 Å². The number of ether oxygens (including phenoxy) is 1. The quantitative estimate of drug-likeness (QED) is 0.817. The van der Waals surface area contributed by atoms with Gasteiger partial charge in [-0.05, 0) is 59.2 Å². The summed E-state index contributed by atoms with van der Waals surface area (Å²) in [5.74, 6) is 2.31. The zero-order valence-corrected chi connectivity index (χ0v) is 11.4. The predicted molar refractivity (Wildman–Crippen MR) is 68.5 cm³/mol. The number of aromatic nitrogens is 1. The van der Waals surface area contributed by atoms with Crippen LogP contribution >= 0.6 is 15.9 Å². The molecule has 3 unspecified atom stereocenters. The minimum atomic E-state index is 0.331. The van der Waals surface area contributed by atoms with Crippen molar-refractivity contribution in [3.63, 3.8) is 0 Å². The van der Waals surface area contributed by atoms with E-state index in [1.54, 1.807) is 6.20 Å². The van der Waals surface area contributed by atoms with Crippen molar-refractivity contribution in [3.05, 3.63) is 22.8 Å². The van der Waals surface area contributed by atoms with Gasteiger partial charge in [0.15, 0.2) is 0 Å². The molecule has 1 heterocycles. The second-order valence-electron chi connectivity index (χ2n) is 4.80. The molecule has 16 heavy (non-hydrogen) atoms. The Bertz CT molecular complexity index is 356. The van der Waals surface area contributed by atoms with Crippen LogP contribution in [0.1, 0.15) is 33.1 Å². The molecule has 0 aliphatic heterocycles. The maximum atomic E-state index is 5.95. The van der Waals surface area contributed by atoms with Crippen molar-refractivity contribution < 1.29 is 4.74 Å². The van der Waals surface area contributed by atoms with Crippen LogP contribution in [0.3, 0.4) is 0 Å². The molecule has 3 atom stereocenters. The van der Waals surface area contributed by atoms with Gasteiger partial charge in [-0.3, -0.25) is 0 Å². The van der Waals surface area contributed by atoms with Crippen LogP contribution in [0, 0.1) is 11.8 Å². The molecule has 0 radical (unpaired) electrons. The Morgan fingerprint density at radius 3 is 2.81 bits per heavy atom. The van der Waals surface area contributed by atoms with E-state index >= 15 is 0 Å². The van der Waals surface area contributed by atoms with E-state index in [0.29, 0.717) is 6.10 Å². The maximum absolute atomic E-state index is 5.95. The molecule has 0 bridgehead atoms. The van der Waals surface area contributed by atoms with Gasteiger partial charge in [-0.15, -0.1) is 0 Å². The average Bonchev–Trinajstić information content (AvgIpc) is 2.27. The average molecular weight is 284 g/mol. The molecule has 2 nitrogen and oxygen atoms in total. The smallest absolute Gasteiger partial charge is 0.228 e. The van der Waals surface area contributed by atoms with Crippen molar-refractivity contribution in [2.24, 2.45) is 11.8 Å². The minimum Gasteiger partial charge on any atom is -0.474 e. The van der Waals surface area contributed by atoms with Crippen LogP contribution in [0.2, 0.25) is 0 Å². The van der Waals surface area contributed by atoms with Gasteiger partial charge < -0.3 is 4.74 Å². The molecule has 0 aromatic carbocycles. The monoisotopic (exact) mass is 283 g/mol. The highest BCUT2D eigenvalue weighted by atomic mass is 79.9. The Morgan fingerprint density at radius 1 is 1.31 bits per heavy atom. The van der Waals surface area contributed by atoms with E-state index in [9.17, 15) is 0 Å². The van der Waals surface area contributed by atoms with Crippen molar-refractivity contribution in [2.45, 2.75) is 39.2 Å². The number of pyridine rings is 1. The Morgan fingerprint density at radius 2 is 2.12 bits per heavy atom. The third-order valence-corrected chi connectivity index (χ3v) is 4.16. The standard InChI is InChI=1S/C13H18BrNO/c1-9-5-6-11(8-10(9)2)16-13-12(14)4-3-7-15-13/h3-4,7,9-11H,5-6,8H2,1-2H3. The molecule has 0 amide bonds. The van der Waals surface area contributed by atoms with Gasteiger partial charge in [0.1, 0.15) is 6.10 Å². The lowest BCUT2D eigenvalue weighted by molar-refractivity contribution is 0.0957. The van der Waals surface area contributed by atoms with Crippen molar-refractivity contribution in [3.8, 4) is 5.88 Å². The molecular formula is C13H18BrNO. The van der Waals surface area contributed by atoms with Crippen molar-refractivity contribution in [1.82, 2.24) is 4.98 Å². The lowest BCUT2D eigenvalue weighted by atomic mass is 9.80. The van der Waals surface area contributed by atoms with Crippen LogP contribution in [0.5, 0.6) is 5.88 Å². The van der Waals surface area contributed by atoms with Crippen molar-refractivity contribution in [1.29, 1.82) is 0 Å². The zero-order valence-electron chi connectivity index (χ0n) is 9.82. The van der Waals surface area contributed by atoms with Crippen LogP contribution < -0.4 is 4.74 Å². The first kappa shape index (κ1) is 11.9. The molecular weight excluding hydrogens is 266 g/mol. The van der Waals surface area contributed by atoms with E-state index < -0.39 is 0 Å². The maximum Gasteiger partial charge on any atom is 0.228 e. The van der Waals surface area contributed by atoms with Crippen LogP contribution in [0.4, 0.5) is 0 Å². The summed E-state index contributed by atoms with van der Waals surface area (Å²) in [4.78, 5) is 4.25. The summed E-state index contributed by atoms with van der Waals surface area (Å²) in [7, 11) is 0. The molecule has 1 aromatic rings. The van der Waals surface area contributed by atoms with Crippen LogP contribution in [0.25, 0.3) is 0 Å². The third kappa shape index (κ3) is 2.76. The van der Waals surface area contributed by atoms with Crippen LogP contribution in [-0.2, 0) is 0 Å². The van der Waals surface area contributed by atoms with Gasteiger partial charge in [0.2, 0.25) is 5.88 Å². The fraction of sp³-hybridized carbons (Fsp3) is 0.615. The van der Waals surface area contributed by atoms with Crippen LogP contribution in [-0.4, -0.2) is 11.1 Å². The molecule has 88 valence electrons. The molecule has 1 fully saturated rings. The van der Waals surface area contributed by atoms with Gasteiger partial charge in [0.05, 0.1) is 4.47 Å². The van der Waals surface area contributed by atoms with Gasteiger partial charge in [-0.25, -0.2) is 4.98 Å². The van der Waals surface area contributed by atoms with Gasteiger partial charge in [0.25, 0.3) is 0 Å². The Balaban J connectivity index is 1.98. The highest BCUT2D eigenvalue weighted by Gasteiger charge is 2.26. The van der Waals surface area contributed by atoms with E-state index in [1.807, 2.05) is 12.1 Å². The number of halogens is 1. The first-order valence-corrected chi connectivity index (χ1v) is 6.73. The lowest BCUT2D eigenvalue weighted by Crippen LogP contribution is -2.29. The molecule has 1 saturated carbocycles. The summed E-state index contributed by atoms with van der Waals surface area (Å²) in [6, 6.07) is 3.87. The second-order valence-corrected chi connectivity index (χ2v) is 5.65. The van der Waals surface area contributed by atoms with Crippen molar-refractivity contribution >= 4 is 15.9 Å². The topological polar surface area (TPSA) is 22.1 Å². The summed E-state index contributed by atoms with van der Waals surface area (Å²) in [6.45, 7) is 4.64. The lowest BCUT2D eigenvalue weighted by Gasteiger charge is -2.32. The molecule has 2 rings (SSSR count). The summed E-state index contributed by atoms with van der Waals surface area (Å²) < 4.78 is 6.89. The van der Waals surface area contributed by atoms with Gasteiger partial charge in [0, 0.05) is 6.20 Å². The third-order valence-electron chi connectivity index (χ3n) is 3.55. The fourth-order valence-electron chi connectivity index (χ4n) is 2.22. The first-order valence-electron chi connectivity index (χ1n) is 5.94. The largest absolute Gasteiger partial charge is 0.474 e. The van der Waals surface area contributed by atoms with E-state index in [-0.39, 0.29) is 0 Å². The Labute approximate surface area is 106 Å². The molecule has 1 aliphatic carbocycles. The van der Waals surface area contributed by atoms with Crippen molar-refractivity contribution in [2.75, 3.05) is 0 Å². The number of nitrogens with zero attached hydrogens (tertiary/aromatic N) is 1. The van der Waals surface area contributed by atoms with Gasteiger partial charge in [-0.1, -0.05) is 13.8 Å². The highest BCUT2D eigenvalue weighted by molar-refractivity contribution is 9.10. The Hall–Kier alpha value is -0.570.